The maximum Gasteiger partial charge on any atom is 0.261 e. The predicted molar refractivity (Wildman–Crippen MR) is 112 cm³/mol. The topological polar surface area (TPSA) is 18.5 Å². The van der Waals surface area contributed by atoms with Crippen LogP contribution in [-0.4, -0.2) is 27.6 Å². The fourth-order valence-corrected chi connectivity index (χ4v) is 9.08. The smallest absolute Gasteiger partial charge is 0.261 e. The number of benzene rings is 2. The van der Waals surface area contributed by atoms with Crippen molar-refractivity contribution in [2.24, 2.45) is 0 Å². The summed E-state index contributed by atoms with van der Waals surface area (Å²) in [6, 6.07) is 21.9. The van der Waals surface area contributed by atoms with Crippen molar-refractivity contribution in [3.05, 3.63) is 60.7 Å². The maximum atomic E-state index is 7.19. The molecule has 0 bridgehead atoms. The molecule has 0 amide bonds. The van der Waals surface area contributed by atoms with E-state index in [0.717, 1.165) is 25.7 Å². The van der Waals surface area contributed by atoms with E-state index in [0.29, 0.717) is 12.2 Å². The average molecular weight is 369 g/mol. The lowest BCUT2D eigenvalue weighted by molar-refractivity contribution is 0.0297. The van der Waals surface area contributed by atoms with E-state index >= 15 is 0 Å². The molecule has 2 aromatic carbocycles. The SMILES string of the molecule is COC1CCC(O[Si](c2ccccc2)(c2ccccc2)C(C)(C)C)CC1. The first-order valence-electron chi connectivity index (χ1n) is 9.79. The molecule has 3 rings (SSSR count). The molecule has 26 heavy (non-hydrogen) atoms. The molecule has 1 saturated carbocycles. The second-order valence-corrected chi connectivity index (χ2v) is 12.7. The van der Waals surface area contributed by atoms with Crippen molar-refractivity contribution in [1.29, 1.82) is 0 Å². The fraction of sp³-hybridized carbons (Fsp3) is 0.478. The Labute approximate surface area is 159 Å². The van der Waals surface area contributed by atoms with Gasteiger partial charge in [-0.2, -0.15) is 0 Å². The molecular weight excluding hydrogens is 336 g/mol. The predicted octanol–water partition coefficient (Wildman–Crippen LogP) is 4.52. The number of ether oxygens (including phenoxy) is 1. The molecule has 0 saturated heterocycles. The van der Waals surface area contributed by atoms with Gasteiger partial charge in [0.2, 0.25) is 0 Å². The van der Waals surface area contributed by atoms with E-state index in [1.807, 2.05) is 7.11 Å². The Balaban J connectivity index is 2.04. The first-order chi connectivity index (χ1) is 12.5. The minimum absolute atomic E-state index is 0.0494. The Morgan fingerprint density at radius 3 is 1.54 bits per heavy atom. The van der Waals surface area contributed by atoms with Crippen LogP contribution in [0.5, 0.6) is 0 Å². The highest BCUT2D eigenvalue weighted by molar-refractivity contribution is 6.99. The molecule has 1 aliphatic rings. The van der Waals surface area contributed by atoms with Gasteiger partial charge in [-0.15, -0.1) is 0 Å². The molecule has 0 atom stereocenters. The van der Waals surface area contributed by atoms with E-state index in [9.17, 15) is 0 Å². The summed E-state index contributed by atoms with van der Waals surface area (Å²) >= 11 is 0. The number of hydrogen-bond acceptors (Lipinski definition) is 2. The Morgan fingerprint density at radius 1 is 0.731 bits per heavy atom. The van der Waals surface area contributed by atoms with Gasteiger partial charge in [-0.05, 0) is 41.1 Å². The average Bonchev–Trinajstić information content (AvgIpc) is 2.67. The van der Waals surface area contributed by atoms with Gasteiger partial charge in [-0.1, -0.05) is 81.4 Å². The fourth-order valence-electron chi connectivity index (χ4n) is 4.33. The van der Waals surface area contributed by atoms with Crippen LogP contribution in [0.15, 0.2) is 60.7 Å². The van der Waals surface area contributed by atoms with Gasteiger partial charge in [0.05, 0.1) is 6.10 Å². The summed E-state index contributed by atoms with van der Waals surface area (Å²) in [6.45, 7) is 7.04. The van der Waals surface area contributed by atoms with Crippen molar-refractivity contribution in [3.8, 4) is 0 Å². The normalized spacial score (nSPS) is 21.5. The van der Waals surface area contributed by atoms with Gasteiger partial charge in [0.15, 0.2) is 0 Å². The van der Waals surface area contributed by atoms with Crippen molar-refractivity contribution in [2.75, 3.05) is 7.11 Å². The molecule has 0 spiro atoms. The van der Waals surface area contributed by atoms with Gasteiger partial charge >= 0.3 is 0 Å². The van der Waals surface area contributed by atoms with Crippen molar-refractivity contribution >= 4 is 18.7 Å². The Morgan fingerprint density at radius 2 is 1.15 bits per heavy atom. The summed E-state index contributed by atoms with van der Waals surface area (Å²) in [5.41, 5.74) is 0. The molecule has 0 N–H and O–H groups in total. The van der Waals surface area contributed by atoms with Crippen LogP contribution in [0.3, 0.4) is 0 Å². The molecule has 0 aromatic heterocycles. The zero-order chi connectivity index (χ0) is 18.6. The third-order valence-electron chi connectivity index (χ3n) is 5.71. The Kier molecular flexibility index (Phi) is 6.01. The van der Waals surface area contributed by atoms with Crippen LogP contribution in [0.1, 0.15) is 46.5 Å². The number of rotatable bonds is 5. The van der Waals surface area contributed by atoms with Crippen molar-refractivity contribution in [1.82, 2.24) is 0 Å². The zero-order valence-electron chi connectivity index (χ0n) is 16.6. The maximum absolute atomic E-state index is 7.19. The molecule has 1 aliphatic carbocycles. The molecular formula is C23H32O2Si. The molecule has 2 aromatic rings. The summed E-state index contributed by atoms with van der Waals surface area (Å²) in [4.78, 5) is 0. The van der Waals surface area contributed by atoms with Crippen LogP contribution in [0.4, 0.5) is 0 Å². The summed E-state index contributed by atoms with van der Waals surface area (Å²) in [5, 5.41) is 2.79. The summed E-state index contributed by atoms with van der Waals surface area (Å²) in [7, 11) is -0.582. The monoisotopic (exact) mass is 368 g/mol. The van der Waals surface area contributed by atoms with Gasteiger partial charge in [0.1, 0.15) is 0 Å². The van der Waals surface area contributed by atoms with Gasteiger partial charge in [-0.25, -0.2) is 0 Å². The van der Waals surface area contributed by atoms with E-state index in [1.165, 1.54) is 10.4 Å². The standard InChI is InChI=1S/C23H32O2Si/c1-23(2,3)26(21-11-7-5-8-12-21,22-13-9-6-10-14-22)25-20-17-15-19(24-4)16-18-20/h5-14,19-20H,15-18H2,1-4H3. The van der Waals surface area contributed by atoms with E-state index < -0.39 is 8.32 Å². The van der Waals surface area contributed by atoms with Crippen LogP contribution in [0.2, 0.25) is 5.04 Å². The molecule has 0 aliphatic heterocycles. The molecule has 2 nitrogen and oxygen atoms in total. The van der Waals surface area contributed by atoms with Crippen LogP contribution in [0.25, 0.3) is 0 Å². The lowest BCUT2D eigenvalue weighted by Crippen LogP contribution is -2.67. The second kappa shape index (κ2) is 8.08. The van der Waals surface area contributed by atoms with Gasteiger partial charge in [0.25, 0.3) is 8.32 Å². The molecule has 0 radical (unpaired) electrons. The second-order valence-electron chi connectivity index (χ2n) is 8.42. The van der Waals surface area contributed by atoms with Crippen molar-refractivity contribution < 1.29 is 9.16 Å². The van der Waals surface area contributed by atoms with Crippen LogP contribution < -0.4 is 10.4 Å². The van der Waals surface area contributed by atoms with E-state index in [4.69, 9.17) is 9.16 Å². The highest BCUT2D eigenvalue weighted by Gasteiger charge is 2.51. The Bertz CT molecular complexity index is 631. The van der Waals surface area contributed by atoms with E-state index in [-0.39, 0.29) is 5.04 Å². The van der Waals surface area contributed by atoms with E-state index in [1.54, 1.807) is 0 Å². The van der Waals surface area contributed by atoms with Gasteiger partial charge in [0, 0.05) is 13.2 Å². The molecule has 140 valence electrons. The summed E-state index contributed by atoms with van der Waals surface area (Å²) < 4.78 is 12.8. The van der Waals surface area contributed by atoms with Crippen molar-refractivity contribution in [3.63, 3.8) is 0 Å². The first kappa shape index (κ1) is 19.3. The highest BCUT2D eigenvalue weighted by atomic mass is 28.4. The molecule has 0 heterocycles. The molecule has 1 fully saturated rings. The van der Waals surface area contributed by atoms with Crippen LogP contribution in [-0.2, 0) is 9.16 Å². The number of hydrogen-bond donors (Lipinski definition) is 0. The number of methoxy groups -OCH3 is 1. The minimum atomic E-state index is -2.41. The molecule has 0 unspecified atom stereocenters. The quantitative estimate of drug-likeness (QED) is 0.723. The lowest BCUT2D eigenvalue weighted by atomic mass is 9.95. The summed E-state index contributed by atoms with van der Waals surface area (Å²) in [5.74, 6) is 0. The third-order valence-corrected chi connectivity index (χ3v) is 10.8. The zero-order valence-corrected chi connectivity index (χ0v) is 17.6. The van der Waals surface area contributed by atoms with Crippen LogP contribution in [0, 0.1) is 0 Å². The largest absolute Gasteiger partial charge is 0.404 e. The Hall–Kier alpha value is -1.42. The molecule has 3 heteroatoms. The third kappa shape index (κ3) is 3.80. The van der Waals surface area contributed by atoms with Crippen LogP contribution >= 0.6 is 0 Å². The minimum Gasteiger partial charge on any atom is -0.404 e. The first-order valence-corrected chi connectivity index (χ1v) is 11.7. The van der Waals surface area contributed by atoms with Gasteiger partial charge in [-0.3, -0.25) is 0 Å². The van der Waals surface area contributed by atoms with E-state index in [2.05, 4.69) is 81.4 Å². The summed E-state index contributed by atoms with van der Waals surface area (Å²) in [6.07, 6.45) is 5.08. The van der Waals surface area contributed by atoms with Gasteiger partial charge < -0.3 is 9.16 Å². The highest BCUT2D eigenvalue weighted by Crippen LogP contribution is 2.39. The van der Waals surface area contributed by atoms with Crippen molar-refractivity contribution in [2.45, 2.75) is 63.7 Å². The lowest BCUT2D eigenvalue weighted by Gasteiger charge is -2.46.